The van der Waals surface area contributed by atoms with Gasteiger partial charge in [-0.1, -0.05) is 12.1 Å². The molecule has 0 radical (unpaired) electrons. The van der Waals surface area contributed by atoms with Crippen LogP contribution in [0.1, 0.15) is 23.6 Å². The van der Waals surface area contributed by atoms with E-state index in [1.165, 1.54) is 0 Å². The molecule has 130 valence electrons. The third-order valence-corrected chi connectivity index (χ3v) is 3.92. The second kappa shape index (κ2) is 8.86. The Bertz CT molecular complexity index is 700. The number of aliphatic imine (C=N–C) groups is 1. The van der Waals surface area contributed by atoms with Crippen LogP contribution in [-0.4, -0.2) is 34.9 Å². The number of hydrogen-bond acceptors (Lipinski definition) is 4. The summed E-state index contributed by atoms with van der Waals surface area (Å²) in [5, 5.41) is 15.0. The van der Waals surface area contributed by atoms with Crippen molar-refractivity contribution in [3.05, 3.63) is 41.5 Å². The molecule has 1 aromatic carbocycles. The zero-order chi connectivity index (χ0) is 16.1. The molecule has 1 aromatic heterocycles. The predicted octanol–water partition coefficient (Wildman–Crippen LogP) is 1.72. The van der Waals surface area contributed by atoms with Crippen LogP contribution in [0.25, 0.3) is 0 Å². The Labute approximate surface area is 158 Å². The summed E-state index contributed by atoms with van der Waals surface area (Å²) in [5.41, 5.74) is 1.13. The molecule has 0 saturated heterocycles. The molecule has 1 aliphatic heterocycles. The molecular weight excluding hydrogens is 419 g/mol. The highest BCUT2D eigenvalue weighted by Crippen LogP contribution is 2.14. The summed E-state index contributed by atoms with van der Waals surface area (Å²) < 4.78 is 7.42. The predicted molar refractivity (Wildman–Crippen MR) is 104 cm³/mol. The molecule has 2 aromatic rings. The number of halogens is 1. The van der Waals surface area contributed by atoms with Crippen molar-refractivity contribution in [2.24, 2.45) is 4.99 Å². The standard InChI is InChI=1S/C16H22N6O.HI/c1-17-16(18-10-12-5-3-6-13(9-12)23-2)19-11-15-21-20-14-7-4-8-22(14)15;/h3,5-6,9H,4,7-8,10-11H2,1-2H3,(H2,17,18,19);1H. The Morgan fingerprint density at radius 1 is 1.29 bits per heavy atom. The Morgan fingerprint density at radius 2 is 2.12 bits per heavy atom. The van der Waals surface area contributed by atoms with E-state index in [9.17, 15) is 0 Å². The van der Waals surface area contributed by atoms with Crippen molar-refractivity contribution in [2.75, 3.05) is 14.2 Å². The molecule has 2 N–H and O–H groups in total. The molecule has 0 saturated carbocycles. The number of aromatic nitrogens is 3. The molecule has 1 aliphatic rings. The summed E-state index contributed by atoms with van der Waals surface area (Å²) in [6.07, 6.45) is 2.18. The lowest BCUT2D eigenvalue weighted by molar-refractivity contribution is 0.414. The Kier molecular flexibility index (Phi) is 6.83. The summed E-state index contributed by atoms with van der Waals surface area (Å²) >= 11 is 0. The van der Waals surface area contributed by atoms with Crippen molar-refractivity contribution in [1.82, 2.24) is 25.4 Å². The average Bonchev–Trinajstić information content (AvgIpc) is 3.19. The van der Waals surface area contributed by atoms with Gasteiger partial charge in [-0.05, 0) is 24.1 Å². The minimum absolute atomic E-state index is 0. The molecule has 3 rings (SSSR count). The Balaban J connectivity index is 0.00000208. The number of hydrogen-bond donors (Lipinski definition) is 2. The number of nitrogens with one attached hydrogen (secondary N) is 2. The second-order valence-electron chi connectivity index (χ2n) is 5.42. The summed E-state index contributed by atoms with van der Waals surface area (Å²) in [6.45, 7) is 2.30. The molecule has 7 nitrogen and oxygen atoms in total. The topological polar surface area (TPSA) is 76.4 Å². The smallest absolute Gasteiger partial charge is 0.191 e. The van der Waals surface area contributed by atoms with E-state index in [0.29, 0.717) is 13.1 Å². The van der Waals surface area contributed by atoms with Gasteiger partial charge in [0.15, 0.2) is 11.8 Å². The second-order valence-corrected chi connectivity index (χ2v) is 5.42. The monoisotopic (exact) mass is 442 g/mol. The molecule has 0 spiro atoms. The SMILES string of the molecule is CN=C(NCc1cccc(OC)c1)NCc1nnc2n1CCC2.I. The van der Waals surface area contributed by atoms with Gasteiger partial charge in [-0.2, -0.15) is 0 Å². The van der Waals surface area contributed by atoms with Crippen LogP contribution in [0.3, 0.4) is 0 Å². The third kappa shape index (κ3) is 4.37. The van der Waals surface area contributed by atoms with Crippen molar-refractivity contribution in [3.63, 3.8) is 0 Å². The highest BCUT2D eigenvalue weighted by atomic mass is 127. The maximum atomic E-state index is 5.24. The van der Waals surface area contributed by atoms with Gasteiger partial charge in [-0.25, -0.2) is 0 Å². The summed E-state index contributed by atoms with van der Waals surface area (Å²) in [4.78, 5) is 4.24. The van der Waals surface area contributed by atoms with Crippen LogP contribution in [0.15, 0.2) is 29.3 Å². The molecule has 0 atom stereocenters. The van der Waals surface area contributed by atoms with Gasteiger partial charge in [0.2, 0.25) is 0 Å². The quantitative estimate of drug-likeness (QED) is 0.419. The van der Waals surface area contributed by atoms with E-state index in [-0.39, 0.29) is 24.0 Å². The van der Waals surface area contributed by atoms with Crippen molar-refractivity contribution in [2.45, 2.75) is 32.5 Å². The molecular formula is C16H23IN6O. The van der Waals surface area contributed by atoms with Crippen LogP contribution in [0.4, 0.5) is 0 Å². The van der Waals surface area contributed by atoms with Gasteiger partial charge in [0.25, 0.3) is 0 Å². The number of methoxy groups -OCH3 is 1. The third-order valence-electron chi connectivity index (χ3n) is 3.92. The highest BCUT2D eigenvalue weighted by molar-refractivity contribution is 14.0. The van der Waals surface area contributed by atoms with Crippen molar-refractivity contribution >= 4 is 29.9 Å². The number of rotatable bonds is 5. The first-order valence-electron chi connectivity index (χ1n) is 7.78. The number of ether oxygens (including phenoxy) is 1. The van der Waals surface area contributed by atoms with E-state index in [4.69, 9.17) is 4.74 Å². The lowest BCUT2D eigenvalue weighted by atomic mass is 10.2. The van der Waals surface area contributed by atoms with Crippen LogP contribution in [0.5, 0.6) is 5.75 Å². The molecule has 0 unspecified atom stereocenters. The fourth-order valence-corrected chi connectivity index (χ4v) is 2.69. The number of aryl methyl sites for hydroxylation is 1. The van der Waals surface area contributed by atoms with Crippen molar-refractivity contribution < 1.29 is 4.74 Å². The van der Waals surface area contributed by atoms with Crippen LogP contribution in [0.2, 0.25) is 0 Å². The first-order chi connectivity index (χ1) is 11.3. The van der Waals surface area contributed by atoms with Crippen LogP contribution in [0, 0.1) is 0 Å². The number of fused-ring (bicyclic) bond motifs is 1. The Hall–Kier alpha value is -1.84. The fourth-order valence-electron chi connectivity index (χ4n) is 2.69. The van der Waals surface area contributed by atoms with Gasteiger partial charge < -0.3 is 19.9 Å². The van der Waals surface area contributed by atoms with Crippen molar-refractivity contribution in [1.29, 1.82) is 0 Å². The van der Waals surface area contributed by atoms with E-state index >= 15 is 0 Å². The largest absolute Gasteiger partial charge is 0.497 e. The minimum Gasteiger partial charge on any atom is -0.497 e. The van der Waals surface area contributed by atoms with Crippen molar-refractivity contribution in [3.8, 4) is 5.75 Å². The van der Waals surface area contributed by atoms with Crippen LogP contribution < -0.4 is 15.4 Å². The maximum absolute atomic E-state index is 5.24. The Morgan fingerprint density at radius 3 is 2.92 bits per heavy atom. The first kappa shape index (κ1) is 18.5. The molecule has 0 bridgehead atoms. The lowest BCUT2D eigenvalue weighted by Gasteiger charge is -2.12. The van der Waals surface area contributed by atoms with Gasteiger partial charge in [0.1, 0.15) is 11.6 Å². The van der Waals surface area contributed by atoms with E-state index in [1.807, 2.05) is 24.3 Å². The molecule has 8 heteroatoms. The minimum atomic E-state index is 0. The first-order valence-corrected chi connectivity index (χ1v) is 7.78. The zero-order valence-corrected chi connectivity index (χ0v) is 16.3. The highest BCUT2D eigenvalue weighted by Gasteiger charge is 2.16. The fraction of sp³-hybridized carbons (Fsp3) is 0.438. The average molecular weight is 442 g/mol. The summed E-state index contributed by atoms with van der Waals surface area (Å²) in [6, 6.07) is 7.97. The van der Waals surface area contributed by atoms with Gasteiger partial charge >= 0.3 is 0 Å². The maximum Gasteiger partial charge on any atom is 0.191 e. The van der Waals surface area contributed by atoms with E-state index in [0.717, 1.165) is 48.3 Å². The van der Waals surface area contributed by atoms with Gasteiger partial charge in [0, 0.05) is 26.6 Å². The summed E-state index contributed by atoms with van der Waals surface area (Å²) in [5.74, 6) is 3.64. The van der Waals surface area contributed by atoms with E-state index in [1.54, 1.807) is 14.2 Å². The summed E-state index contributed by atoms with van der Waals surface area (Å²) in [7, 11) is 3.43. The number of nitrogens with zero attached hydrogens (tertiary/aromatic N) is 4. The molecule has 0 amide bonds. The normalized spacial score (nSPS) is 13.2. The lowest BCUT2D eigenvalue weighted by Crippen LogP contribution is -2.37. The number of guanidine groups is 1. The van der Waals surface area contributed by atoms with Crippen LogP contribution in [-0.2, 0) is 26.1 Å². The zero-order valence-electron chi connectivity index (χ0n) is 14.0. The van der Waals surface area contributed by atoms with Gasteiger partial charge in [-0.3, -0.25) is 4.99 Å². The molecule has 24 heavy (non-hydrogen) atoms. The van der Waals surface area contributed by atoms with E-state index < -0.39 is 0 Å². The molecule has 2 heterocycles. The van der Waals surface area contributed by atoms with E-state index in [2.05, 4.69) is 30.4 Å². The molecule has 0 fully saturated rings. The van der Waals surface area contributed by atoms with Crippen LogP contribution >= 0.6 is 24.0 Å². The van der Waals surface area contributed by atoms with Gasteiger partial charge in [0.05, 0.1) is 13.7 Å². The number of benzene rings is 1. The van der Waals surface area contributed by atoms with Gasteiger partial charge in [-0.15, -0.1) is 34.2 Å². The molecule has 0 aliphatic carbocycles.